The quantitative estimate of drug-likeness (QED) is 0.519. The van der Waals surface area contributed by atoms with Crippen molar-refractivity contribution in [2.75, 3.05) is 0 Å². The van der Waals surface area contributed by atoms with Crippen molar-refractivity contribution in [3.8, 4) is 5.75 Å². The molecule has 2 aromatic carbocycles. The van der Waals surface area contributed by atoms with Crippen LogP contribution in [0.3, 0.4) is 0 Å². The van der Waals surface area contributed by atoms with Gasteiger partial charge in [0.05, 0.1) is 11.4 Å². The fourth-order valence-corrected chi connectivity index (χ4v) is 3.66. The first kappa shape index (κ1) is 22.7. The molecule has 0 radical (unpaired) electrons. The summed E-state index contributed by atoms with van der Waals surface area (Å²) in [6.45, 7) is 8.12. The number of nitrogens with zero attached hydrogens (tertiary/aromatic N) is 1. The third kappa shape index (κ3) is 4.14. The standard InChI is InChI=1S/C23H22ClF2NO4/c1-11(22(30)31-23(3,4)5)17-12(2)27(21(29)13-6-8-14(24)9-7-13)16-10-15(25)20(28)19(26)18(16)17/h6-11,28H,1-5H3. The summed E-state index contributed by atoms with van der Waals surface area (Å²) in [7, 11) is 0. The average molecular weight is 450 g/mol. The molecule has 0 saturated heterocycles. The summed E-state index contributed by atoms with van der Waals surface area (Å²) in [6, 6.07) is 6.89. The highest BCUT2D eigenvalue weighted by Gasteiger charge is 2.32. The lowest BCUT2D eigenvalue weighted by Gasteiger charge is -2.22. The van der Waals surface area contributed by atoms with Crippen LogP contribution in [0.1, 0.15) is 55.2 Å². The molecule has 1 heterocycles. The molecular formula is C23H22ClF2NO4. The Labute approximate surface area is 183 Å². The molecule has 0 spiro atoms. The molecule has 0 aliphatic heterocycles. The minimum Gasteiger partial charge on any atom is -0.503 e. The number of ether oxygens (including phenoxy) is 1. The number of benzene rings is 2. The Bertz CT molecular complexity index is 1190. The summed E-state index contributed by atoms with van der Waals surface area (Å²) in [5, 5.41) is 10.1. The van der Waals surface area contributed by atoms with Gasteiger partial charge < -0.3 is 9.84 Å². The molecule has 1 aromatic heterocycles. The number of aromatic nitrogens is 1. The first-order valence-electron chi connectivity index (χ1n) is 9.58. The van der Waals surface area contributed by atoms with Crippen LogP contribution < -0.4 is 0 Å². The fraction of sp³-hybridized carbons (Fsp3) is 0.304. The van der Waals surface area contributed by atoms with Gasteiger partial charge in [-0.2, -0.15) is 0 Å². The molecule has 5 nitrogen and oxygen atoms in total. The maximum atomic E-state index is 15.0. The Morgan fingerprint density at radius 3 is 2.29 bits per heavy atom. The number of halogens is 3. The zero-order valence-corrected chi connectivity index (χ0v) is 18.5. The van der Waals surface area contributed by atoms with Crippen molar-refractivity contribution >= 4 is 34.4 Å². The molecule has 0 bridgehead atoms. The second kappa shape index (κ2) is 7.96. The Kier molecular flexibility index (Phi) is 5.84. The monoisotopic (exact) mass is 449 g/mol. The number of hydrogen-bond acceptors (Lipinski definition) is 4. The lowest BCUT2D eigenvalue weighted by atomic mass is 9.97. The van der Waals surface area contributed by atoms with Gasteiger partial charge in [0.1, 0.15) is 5.60 Å². The summed E-state index contributed by atoms with van der Waals surface area (Å²) in [4.78, 5) is 25.9. The molecule has 31 heavy (non-hydrogen) atoms. The molecular weight excluding hydrogens is 428 g/mol. The predicted molar refractivity (Wildman–Crippen MR) is 114 cm³/mol. The molecule has 164 valence electrons. The molecule has 3 aromatic rings. The highest BCUT2D eigenvalue weighted by molar-refractivity contribution is 6.30. The van der Waals surface area contributed by atoms with Crippen LogP contribution in [0.25, 0.3) is 10.9 Å². The number of rotatable bonds is 3. The van der Waals surface area contributed by atoms with Crippen LogP contribution in [0.15, 0.2) is 30.3 Å². The van der Waals surface area contributed by atoms with Crippen LogP contribution in [0.2, 0.25) is 5.02 Å². The van der Waals surface area contributed by atoms with E-state index < -0.39 is 40.8 Å². The van der Waals surface area contributed by atoms with Crippen LogP contribution in [0, 0.1) is 18.6 Å². The maximum Gasteiger partial charge on any atom is 0.313 e. The number of esters is 1. The van der Waals surface area contributed by atoms with E-state index in [1.807, 2.05) is 0 Å². The van der Waals surface area contributed by atoms with Crippen LogP contribution >= 0.6 is 11.6 Å². The summed E-state index contributed by atoms with van der Waals surface area (Å²) in [5.74, 6) is -5.83. The van der Waals surface area contributed by atoms with Gasteiger partial charge in [0.15, 0.2) is 17.4 Å². The minimum absolute atomic E-state index is 0.101. The van der Waals surface area contributed by atoms with Gasteiger partial charge in [-0.3, -0.25) is 14.2 Å². The normalized spacial score (nSPS) is 12.8. The average Bonchev–Trinajstić information content (AvgIpc) is 2.96. The third-order valence-corrected chi connectivity index (χ3v) is 5.15. The molecule has 1 atom stereocenters. The molecule has 8 heteroatoms. The molecule has 0 amide bonds. The lowest BCUT2D eigenvalue weighted by Crippen LogP contribution is -2.27. The van der Waals surface area contributed by atoms with E-state index in [0.717, 1.165) is 10.6 Å². The first-order valence-corrected chi connectivity index (χ1v) is 9.96. The summed E-state index contributed by atoms with van der Waals surface area (Å²) in [6.07, 6.45) is 0. The summed E-state index contributed by atoms with van der Waals surface area (Å²) in [5.41, 5.74) is -0.286. The van der Waals surface area contributed by atoms with Crippen LogP contribution in [0.5, 0.6) is 5.75 Å². The number of aromatic hydroxyl groups is 1. The van der Waals surface area contributed by atoms with Crippen molar-refractivity contribution < 1.29 is 28.2 Å². The molecule has 1 N–H and O–H groups in total. The van der Waals surface area contributed by atoms with Gasteiger partial charge in [0.25, 0.3) is 5.91 Å². The topological polar surface area (TPSA) is 68.5 Å². The van der Waals surface area contributed by atoms with Crippen LogP contribution in [-0.2, 0) is 9.53 Å². The predicted octanol–water partition coefficient (Wildman–Crippen LogP) is 5.72. The zero-order chi connectivity index (χ0) is 23.2. The maximum absolute atomic E-state index is 15.0. The molecule has 3 rings (SSSR count). The van der Waals surface area contributed by atoms with Crippen molar-refractivity contribution in [3.63, 3.8) is 0 Å². The first-order chi connectivity index (χ1) is 14.3. The molecule has 0 aliphatic rings. The number of hydrogen-bond donors (Lipinski definition) is 1. The fourth-order valence-electron chi connectivity index (χ4n) is 3.53. The largest absolute Gasteiger partial charge is 0.503 e. The minimum atomic E-state index is -1.24. The number of fused-ring (bicyclic) bond motifs is 1. The number of phenols is 1. The van der Waals surface area contributed by atoms with E-state index in [2.05, 4.69) is 0 Å². The van der Waals surface area contributed by atoms with Gasteiger partial charge in [0, 0.05) is 27.7 Å². The summed E-state index contributed by atoms with van der Waals surface area (Å²) >= 11 is 5.88. The van der Waals surface area contributed by atoms with Crippen molar-refractivity contribution in [2.45, 2.75) is 46.1 Å². The van der Waals surface area contributed by atoms with E-state index in [9.17, 15) is 19.1 Å². The Hall–Kier alpha value is -2.93. The Morgan fingerprint density at radius 1 is 1.16 bits per heavy atom. The number of phenolic OH excluding ortho intramolecular Hbond substituents is 1. The van der Waals surface area contributed by atoms with E-state index in [0.29, 0.717) is 5.02 Å². The Morgan fingerprint density at radius 2 is 1.74 bits per heavy atom. The summed E-state index contributed by atoms with van der Waals surface area (Å²) < 4.78 is 35.8. The highest BCUT2D eigenvalue weighted by Crippen LogP contribution is 2.39. The van der Waals surface area contributed by atoms with Crippen LogP contribution in [0.4, 0.5) is 8.78 Å². The smallest absolute Gasteiger partial charge is 0.313 e. The van der Waals surface area contributed by atoms with Gasteiger partial charge >= 0.3 is 5.97 Å². The van der Waals surface area contributed by atoms with Crippen molar-refractivity contribution in [1.82, 2.24) is 4.57 Å². The Balaban J connectivity index is 2.29. The number of carbonyl (C=O) groups is 2. The van der Waals surface area contributed by atoms with Gasteiger partial charge in [-0.25, -0.2) is 8.78 Å². The van der Waals surface area contributed by atoms with Gasteiger partial charge in [0.2, 0.25) is 0 Å². The van der Waals surface area contributed by atoms with Gasteiger partial charge in [-0.05, 0) is 64.4 Å². The van der Waals surface area contributed by atoms with Crippen LogP contribution in [-0.4, -0.2) is 27.2 Å². The van der Waals surface area contributed by atoms with E-state index >= 15 is 4.39 Å². The van der Waals surface area contributed by atoms with Gasteiger partial charge in [-0.15, -0.1) is 0 Å². The van der Waals surface area contributed by atoms with E-state index in [-0.39, 0.29) is 27.7 Å². The second-order valence-corrected chi connectivity index (χ2v) is 8.75. The molecule has 0 saturated carbocycles. The van der Waals surface area contributed by atoms with Gasteiger partial charge in [-0.1, -0.05) is 11.6 Å². The van der Waals surface area contributed by atoms with E-state index in [1.165, 1.54) is 38.1 Å². The van der Waals surface area contributed by atoms with Crippen molar-refractivity contribution in [1.29, 1.82) is 0 Å². The van der Waals surface area contributed by atoms with E-state index in [1.54, 1.807) is 20.8 Å². The zero-order valence-electron chi connectivity index (χ0n) is 17.7. The van der Waals surface area contributed by atoms with E-state index in [4.69, 9.17) is 16.3 Å². The lowest BCUT2D eigenvalue weighted by molar-refractivity contribution is -0.156. The van der Waals surface area contributed by atoms with Crippen molar-refractivity contribution in [3.05, 3.63) is 63.8 Å². The molecule has 0 aliphatic carbocycles. The molecule has 0 fully saturated rings. The van der Waals surface area contributed by atoms with Crippen molar-refractivity contribution in [2.24, 2.45) is 0 Å². The third-order valence-electron chi connectivity index (χ3n) is 4.90. The highest BCUT2D eigenvalue weighted by atomic mass is 35.5. The second-order valence-electron chi connectivity index (χ2n) is 8.32. The SMILES string of the molecule is Cc1c(C(C)C(=O)OC(C)(C)C)c2c(F)c(O)c(F)cc2n1C(=O)c1ccc(Cl)cc1. The number of carbonyl (C=O) groups excluding carboxylic acids is 2. The molecule has 1 unspecified atom stereocenters.